The quantitative estimate of drug-likeness (QED) is 0.851. The predicted molar refractivity (Wildman–Crippen MR) is 65.3 cm³/mol. The standard InChI is InChI=1S/C12H14N2S/c1-9-11(5-3-7-13-9)14-10(2)12-6-4-8-15-12/h3-8,10,14H,1-2H3. The van der Waals surface area contributed by atoms with Gasteiger partial charge in [0.15, 0.2) is 0 Å². The maximum Gasteiger partial charge on any atom is 0.0603 e. The lowest BCUT2D eigenvalue weighted by Gasteiger charge is -2.14. The number of thiophene rings is 1. The van der Waals surface area contributed by atoms with Crippen molar-refractivity contribution in [2.45, 2.75) is 19.9 Å². The number of hydrogen-bond acceptors (Lipinski definition) is 3. The van der Waals surface area contributed by atoms with E-state index in [-0.39, 0.29) is 0 Å². The van der Waals surface area contributed by atoms with E-state index in [1.54, 1.807) is 11.3 Å². The van der Waals surface area contributed by atoms with Gasteiger partial charge in [-0.1, -0.05) is 6.07 Å². The molecular formula is C12H14N2S. The maximum atomic E-state index is 4.25. The molecule has 15 heavy (non-hydrogen) atoms. The van der Waals surface area contributed by atoms with E-state index in [1.165, 1.54) is 4.88 Å². The Labute approximate surface area is 94.0 Å². The Morgan fingerprint density at radius 1 is 1.33 bits per heavy atom. The average molecular weight is 218 g/mol. The minimum atomic E-state index is 0.341. The van der Waals surface area contributed by atoms with Gasteiger partial charge < -0.3 is 5.32 Å². The number of nitrogens with one attached hydrogen (secondary N) is 1. The smallest absolute Gasteiger partial charge is 0.0603 e. The molecule has 0 aliphatic carbocycles. The van der Waals surface area contributed by atoms with Gasteiger partial charge >= 0.3 is 0 Å². The fraction of sp³-hybridized carbons (Fsp3) is 0.250. The molecule has 0 radical (unpaired) electrons. The molecule has 2 rings (SSSR count). The van der Waals surface area contributed by atoms with Gasteiger partial charge in [-0.25, -0.2) is 0 Å². The van der Waals surface area contributed by atoms with E-state index in [4.69, 9.17) is 0 Å². The van der Waals surface area contributed by atoms with E-state index in [2.05, 4.69) is 40.8 Å². The highest BCUT2D eigenvalue weighted by atomic mass is 32.1. The summed E-state index contributed by atoms with van der Waals surface area (Å²) >= 11 is 1.77. The van der Waals surface area contributed by atoms with Crippen LogP contribution in [0.5, 0.6) is 0 Å². The first kappa shape index (κ1) is 10.2. The zero-order chi connectivity index (χ0) is 10.7. The molecule has 0 amide bonds. The highest BCUT2D eigenvalue weighted by molar-refractivity contribution is 7.10. The minimum Gasteiger partial charge on any atom is -0.376 e. The first-order valence-electron chi connectivity index (χ1n) is 4.99. The first-order chi connectivity index (χ1) is 7.27. The predicted octanol–water partition coefficient (Wildman–Crippen LogP) is 3.62. The molecule has 2 aromatic heterocycles. The molecule has 0 spiro atoms. The van der Waals surface area contributed by atoms with Crippen molar-refractivity contribution in [2.24, 2.45) is 0 Å². The van der Waals surface area contributed by atoms with Crippen LogP contribution in [0.15, 0.2) is 35.8 Å². The molecule has 0 aliphatic heterocycles. The first-order valence-corrected chi connectivity index (χ1v) is 5.87. The lowest BCUT2D eigenvalue weighted by molar-refractivity contribution is 0.901. The average Bonchev–Trinajstić information content (AvgIpc) is 2.74. The normalized spacial score (nSPS) is 12.4. The Hall–Kier alpha value is -1.35. The van der Waals surface area contributed by atoms with Gasteiger partial charge in [0.25, 0.3) is 0 Å². The zero-order valence-corrected chi connectivity index (χ0v) is 9.71. The van der Waals surface area contributed by atoms with Crippen LogP contribution >= 0.6 is 11.3 Å². The van der Waals surface area contributed by atoms with Crippen molar-refractivity contribution in [1.29, 1.82) is 0 Å². The number of nitrogens with zero attached hydrogens (tertiary/aromatic N) is 1. The third-order valence-electron chi connectivity index (χ3n) is 2.35. The van der Waals surface area contributed by atoms with E-state index in [0.717, 1.165) is 11.4 Å². The van der Waals surface area contributed by atoms with Crippen LogP contribution in [-0.2, 0) is 0 Å². The van der Waals surface area contributed by atoms with Crippen molar-refractivity contribution >= 4 is 17.0 Å². The number of anilines is 1. The van der Waals surface area contributed by atoms with Crippen molar-refractivity contribution in [1.82, 2.24) is 4.98 Å². The largest absolute Gasteiger partial charge is 0.376 e. The van der Waals surface area contributed by atoms with Crippen molar-refractivity contribution in [3.8, 4) is 0 Å². The summed E-state index contributed by atoms with van der Waals surface area (Å²) in [7, 11) is 0. The van der Waals surface area contributed by atoms with Gasteiger partial charge in [0, 0.05) is 11.1 Å². The summed E-state index contributed by atoms with van der Waals surface area (Å²) in [5, 5.41) is 5.56. The molecule has 0 fully saturated rings. The van der Waals surface area contributed by atoms with Crippen molar-refractivity contribution in [3.05, 3.63) is 46.4 Å². The molecule has 2 aromatic rings. The Morgan fingerprint density at radius 2 is 2.20 bits per heavy atom. The lowest BCUT2D eigenvalue weighted by atomic mass is 10.2. The van der Waals surface area contributed by atoms with E-state index in [9.17, 15) is 0 Å². The molecule has 0 saturated heterocycles. The van der Waals surface area contributed by atoms with Gasteiger partial charge in [-0.3, -0.25) is 4.98 Å². The van der Waals surface area contributed by atoms with Gasteiger partial charge in [0.2, 0.25) is 0 Å². The van der Waals surface area contributed by atoms with Crippen LogP contribution in [-0.4, -0.2) is 4.98 Å². The molecule has 1 unspecified atom stereocenters. The van der Waals surface area contributed by atoms with E-state index in [0.29, 0.717) is 6.04 Å². The molecule has 0 aromatic carbocycles. The maximum absolute atomic E-state index is 4.25. The van der Waals surface area contributed by atoms with Crippen LogP contribution < -0.4 is 5.32 Å². The SMILES string of the molecule is Cc1ncccc1NC(C)c1cccs1. The van der Waals surface area contributed by atoms with E-state index in [1.807, 2.05) is 19.2 Å². The number of rotatable bonds is 3. The van der Waals surface area contributed by atoms with Gasteiger partial charge in [-0.2, -0.15) is 0 Å². The fourth-order valence-electron chi connectivity index (χ4n) is 1.48. The summed E-state index contributed by atoms with van der Waals surface area (Å²) in [5.41, 5.74) is 2.15. The minimum absolute atomic E-state index is 0.341. The number of aryl methyl sites for hydroxylation is 1. The van der Waals surface area contributed by atoms with Crippen molar-refractivity contribution < 1.29 is 0 Å². The second kappa shape index (κ2) is 4.45. The summed E-state index contributed by atoms with van der Waals surface area (Å²) < 4.78 is 0. The lowest BCUT2D eigenvalue weighted by Crippen LogP contribution is -2.06. The van der Waals surface area contributed by atoms with Crippen LogP contribution in [0.25, 0.3) is 0 Å². The van der Waals surface area contributed by atoms with Crippen LogP contribution in [0.3, 0.4) is 0 Å². The molecular weight excluding hydrogens is 204 g/mol. The van der Waals surface area contributed by atoms with Gasteiger partial charge in [0.1, 0.15) is 0 Å². The summed E-state index contributed by atoms with van der Waals surface area (Å²) in [6.07, 6.45) is 1.82. The molecule has 3 heteroatoms. The highest BCUT2D eigenvalue weighted by Crippen LogP contribution is 2.23. The Kier molecular flexibility index (Phi) is 3.02. The van der Waals surface area contributed by atoms with Gasteiger partial charge in [-0.05, 0) is 37.4 Å². The molecule has 1 atom stereocenters. The van der Waals surface area contributed by atoms with E-state index < -0.39 is 0 Å². The molecule has 1 N–H and O–H groups in total. The van der Waals surface area contributed by atoms with Crippen molar-refractivity contribution in [2.75, 3.05) is 5.32 Å². The number of aromatic nitrogens is 1. The molecule has 2 nitrogen and oxygen atoms in total. The topological polar surface area (TPSA) is 24.9 Å². The number of hydrogen-bond donors (Lipinski definition) is 1. The Bertz CT molecular complexity index is 423. The van der Waals surface area contributed by atoms with E-state index >= 15 is 0 Å². The number of pyridine rings is 1. The van der Waals surface area contributed by atoms with Crippen LogP contribution in [0.2, 0.25) is 0 Å². The van der Waals surface area contributed by atoms with Crippen molar-refractivity contribution in [3.63, 3.8) is 0 Å². The highest BCUT2D eigenvalue weighted by Gasteiger charge is 2.07. The summed E-state index contributed by atoms with van der Waals surface area (Å²) in [4.78, 5) is 5.60. The third-order valence-corrected chi connectivity index (χ3v) is 3.40. The molecule has 0 bridgehead atoms. The summed E-state index contributed by atoms with van der Waals surface area (Å²) in [5.74, 6) is 0. The molecule has 2 heterocycles. The van der Waals surface area contributed by atoms with Crippen LogP contribution in [0.4, 0.5) is 5.69 Å². The zero-order valence-electron chi connectivity index (χ0n) is 8.90. The fourth-order valence-corrected chi connectivity index (χ4v) is 2.21. The summed E-state index contributed by atoms with van der Waals surface area (Å²) in [6.45, 7) is 4.18. The monoisotopic (exact) mass is 218 g/mol. The molecule has 0 saturated carbocycles. The second-order valence-electron chi connectivity index (χ2n) is 3.52. The Balaban J connectivity index is 2.13. The van der Waals surface area contributed by atoms with Crippen LogP contribution in [0.1, 0.15) is 23.5 Å². The second-order valence-corrected chi connectivity index (χ2v) is 4.50. The summed E-state index contributed by atoms with van der Waals surface area (Å²) in [6, 6.07) is 8.58. The van der Waals surface area contributed by atoms with Gasteiger partial charge in [0.05, 0.1) is 17.4 Å². The van der Waals surface area contributed by atoms with Gasteiger partial charge in [-0.15, -0.1) is 11.3 Å². The molecule has 78 valence electrons. The molecule has 0 aliphatic rings. The third kappa shape index (κ3) is 2.36. The van der Waals surface area contributed by atoms with Crippen LogP contribution in [0, 0.1) is 6.92 Å². The Morgan fingerprint density at radius 3 is 2.87 bits per heavy atom.